The van der Waals surface area contributed by atoms with Crippen molar-refractivity contribution in [1.29, 1.82) is 5.26 Å². The van der Waals surface area contributed by atoms with Crippen LogP contribution in [0.25, 0.3) is 6.08 Å². The van der Waals surface area contributed by atoms with Gasteiger partial charge in [-0.2, -0.15) is 5.26 Å². The SMILES string of the molecule is C=C(Cc1ccc(C#N)cc1)N=NN(N)C/C=C/C=C/c1ccccc1C1CCCC1. The summed E-state index contributed by atoms with van der Waals surface area (Å²) >= 11 is 0. The molecule has 0 aromatic heterocycles. The summed E-state index contributed by atoms with van der Waals surface area (Å²) in [5.74, 6) is 6.57. The average Bonchev–Trinajstić information content (AvgIpc) is 3.33. The van der Waals surface area contributed by atoms with Gasteiger partial charge in [0.05, 0.1) is 23.9 Å². The van der Waals surface area contributed by atoms with Crippen molar-refractivity contribution in [2.75, 3.05) is 6.54 Å². The second-order valence-corrected chi connectivity index (χ2v) is 7.76. The van der Waals surface area contributed by atoms with Crippen LogP contribution >= 0.6 is 0 Å². The first-order chi connectivity index (χ1) is 15.2. The van der Waals surface area contributed by atoms with Gasteiger partial charge in [-0.15, -0.1) is 5.11 Å². The lowest BCUT2D eigenvalue weighted by Gasteiger charge is -2.12. The van der Waals surface area contributed by atoms with Crippen LogP contribution in [0.1, 0.15) is 53.9 Å². The normalized spacial score (nSPS) is 14.6. The van der Waals surface area contributed by atoms with Crippen LogP contribution in [0.4, 0.5) is 0 Å². The number of hydrogen-bond donors (Lipinski definition) is 1. The van der Waals surface area contributed by atoms with E-state index in [4.69, 9.17) is 11.1 Å². The molecule has 0 radical (unpaired) electrons. The third kappa shape index (κ3) is 7.06. The van der Waals surface area contributed by atoms with Crippen LogP contribution in [0.15, 0.2) is 89.4 Å². The third-order valence-electron chi connectivity index (χ3n) is 5.40. The smallest absolute Gasteiger partial charge is 0.0991 e. The van der Waals surface area contributed by atoms with Crippen LogP contribution in [0.5, 0.6) is 0 Å². The largest absolute Gasteiger partial charge is 0.230 e. The second kappa shape index (κ2) is 11.6. The van der Waals surface area contributed by atoms with Gasteiger partial charge in [-0.05, 0) is 47.6 Å². The molecule has 1 aliphatic carbocycles. The first kappa shape index (κ1) is 22.2. The van der Waals surface area contributed by atoms with Gasteiger partial charge >= 0.3 is 0 Å². The molecule has 31 heavy (non-hydrogen) atoms. The molecular weight excluding hydrogens is 382 g/mol. The standard InChI is InChI=1S/C26H29N5/c1-21(19-22-14-16-23(20-27)17-15-22)29-30-31(28)18-8-2-3-9-24-12-6-7-13-26(24)25-10-4-5-11-25/h2-3,6-9,12-17,25H,1,4-5,10-11,18-19,28H2/b8-2+,9-3+,30-29?. The minimum absolute atomic E-state index is 0.447. The summed E-state index contributed by atoms with van der Waals surface area (Å²) in [7, 11) is 0. The number of nitrogens with two attached hydrogens (primary N) is 1. The van der Waals surface area contributed by atoms with E-state index in [0.717, 1.165) is 5.56 Å². The highest BCUT2D eigenvalue weighted by Gasteiger charge is 2.18. The van der Waals surface area contributed by atoms with Gasteiger partial charge < -0.3 is 0 Å². The van der Waals surface area contributed by atoms with Gasteiger partial charge in [-0.3, -0.25) is 0 Å². The van der Waals surface area contributed by atoms with Gasteiger partial charge in [0.25, 0.3) is 0 Å². The lowest BCUT2D eigenvalue weighted by molar-refractivity contribution is 0.309. The highest BCUT2D eigenvalue weighted by Crippen LogP contribution is 2.36. The molecule has 2 N–H and O–H groups in total. The molecule has 2 aromatic rings. The minimum Gasteiger partial charge on any atom is -0.230 e. The molecule has 1 aliphatic rings. The maximum absolute atomic E-state index is 8.84. The van der Waals surface area contributed by atoms with Gasteiger partial charge in [-0.25, -0.2) is 11.0 Å². The van der Waals surface area contributed by atoms with Crippen LogP contribution in [0.3, 0.4) is 0 Å². The van der Waals surface area contributed by atoms with Crippen LogP contribution in [0.2, 0.25) is 0 Å². The number of nitriles is 1. The van der Waals surface area contributed by atoms with Crippen molar-refractivity contribution < 1.29 is 0 Å². The van der Waals surface area contributed by atoms with Gasteiger partial charge in [0.1, 0.15) is 0 Å². The van der Waals surface area contributed by atoms with Crippen molar-refractivity contribution in [3.63, 3.8) is 0 Å². The summed E-state index contributed by atoms with van der Waals surface area (Å²) < 4.78 is 0. The number of benzene rings is 2. The van der Waals surface area contributed by atoms with Gasteiger partial charge in [-0.1, -0.05) is 85.3 Å². The molecule has 1 saturated carbocycles. The van der Waals surface area contributed by atoms with Crippen molar-refractivity contribution in [1.82, 2.24) is 5.12 Å². The number of rotatable bonds is 9. The van der Waals surface area contributed by atoms with Crippen molar-refractivity contribution in [2.45, 2.75) is 38.0 Å². The fourth-order valence-corrected chi connectivity index (χ4v) is 3.80. The highest BCUT2D eigenvalue weighted by atomic mass is 15.7. The lowest BCUT2D eigenvalue weighted by Crippen LogP contribution is -2.24. The zero-order chi connectivity index (χ0) is 21.9. The maximum atomic E-state index is 8.84. The fourth-order valence-electron chi connectivity index (χ4n) is 3.80. The Morgan fingerprint density at radius 3 is 2.61 bits per heavy atom. The molecule has 158 valence electrons. The second-order valence-electron chi connectivity index (χ2n) is 7.76. The van der Waals surface area contributed by atoms with Crippen LogP contribution < -0.4 is 5.84 Å². The molecule has 0 unspecified atom stereocenters. The molecule has 0 saturated heterocycles. The van der Waals surface area contributed by atoms with E-state index in [1.807, 2.05) is 30.4 Å². The van der Waals surface area contributed by atoms with Crippen molar-refractivity contribution in [3.05, 3.63) is 101 Å². The Balaban J connectivity index is 1.45. The van der Waals surface area contributed by atoms with E-state index in [-0.39, 0.29) is 0 Å². The lowest BCUT2D eigenvalue weighted by atomic mass is 9.93. The van der Waals surface area contributed by atoms with Crippen LogP contribution in [-0.4, -0.2) is 11.7 Å². The number of hydrogen-bond acceptors (Lipinski definition) is 4. The molecule has 0 amide bonds. The van der Waals surface area contributed by atoms with Crippen molar-refractivity contribution >= 4 is 6.08 Å². The van der Waals surface area contributed by atoms with Crippen molar-refractivity contribution in [3.8, 4) is 6.07 Å². The molecule has 2 aromatic carbocycles. The summed E-state index contributed by atoms with van der Waals surface area (Å²) in [6.07, 6.45) is 13.9. The number of allylic oxidation sites excluding steroid dienone is 3. The zero-order valence-corrected chi connectivity index (χ0v) is 17.8. The van der Waals surface area contributed by atoms with Crippen LogP contribution in [-0.2, 0) is 6.42 Å². The molecule has 0 bridgehead atoms. The fraction of sp³-hybridized carbons (Fsp3) is 0.269. The minimum atomic E-state index is 0.447. The molecule has 5 heteroatoms. The Labute approximate surface area is 184 Å². The predicted molar refractivity (Wildman–Crippen MR) is 126 cm³/mol. The highest BCUT2D eigenvalue weighted by molar-refractivity contribution is 5.56. The van der Waals surface area contributed by atoms with E-state index in [1.165, 1.54) is 41.9 Å². The summed E-state index contributed by atoms with van der Waals surface area (Å²) in [5, 5.41) is 18.2. The molecule has 5 nitrogen and oxygen atoms in total. The topological polar surface area (TPSA) is 77.8 Å². The Kier molecular flexibility index (Phi) is 8.33. The van der Waals surface area contributed by atoms with E-state index in [2.05, 4.69) is 53.3 Å². The van der Waals surface area contributed by atoms with E-state index in [9.17, 15) is 0 Å². The predicted octanol–water partition coefficient (Wildman–Crippen LogP) is 6.08. The zero-order valence-electron chi connectivity index (χ0n) is 17.8. The molecule has 3 rings (SSSR count). The van der Waals surface area contributed by atoms with E-state index in [1.54, 1.807) is 12.1 Å². The quantitative estimate of drug-likeness (QED) is 0.235. The monoisotopic (exact) mass is 411 g/mol. The van der Waals surface area contributed by atoms with E-state index >= 15 is 0 Å². The van der Waals surface area contributed by atoms with Gasteiger partial charge in [0.2, 0.25) is 0 Å². The van der Waals surface area contributed by atoms with Gasteiger partial charge in [0.15, 0.2) is 0 Å². The molecule has 0 heterocycles. The summed E-state index contributed by atoms with van der Waals surface area (Å²) in [4.78, 5) is 0. The molecule has 0 spiro atoms. The number of nitrogens with zero attached hydrogens (tertiary/aromatic N) is 4. The Hall–Kier alpha value is -3.49. The third-order valence-corrected chi connectivity index (χ3v) is 5.40. The Bertz CT molecular complexity index is 989. The Morgan fingerprint density at radius 2 is 1.87 bits per heavy atom. The summed E-state index contributed by atoms with van der Waals surface area (Å²) in [6.45, 7) is 4.36. The first-order valence-electron chi connectivity index (χ1n) is 10.7. The maximum Gasteiger partial charge on any atom is 0.0991 e. The molecule has 0 atom stereocenters. The molecule has 1 fully saturated rings. The first-order valence-corrected chi connectivity index (χ1v) is 10.7. The van der Waals surface area contributed by atoms with Gasteiger partial charge in [0, 0.05) is 6.42 Å². The molecule has 0 aliphatic heterocycles. The van der Waals surface area contributed by atoms with Crippen LogP contribution in [0, 0.1) is 11.3 Å². The number of hydrazine groups is 1. The average molecular weight is 412 g/mol. The van der Waals surface area contributed by atoms with E-state index in [0.29, 0.717) is 30.1 Å². The summed E-state index contributed by atoms with van der Waals surface area (Å²) in [5.41, 5.74) is 5.01. The Morgan fingerprint density at radius 1 is 1.13 bits per heavy atom. The molecular formula is C26H29N5. The van der Waals surface area contributed by atoms with E-state index < -0.39 is 0 Å². The summed E-state index contributed by atoms with van der Waals surface area (Å²) in [6, 6.07) is 18.1. The van der Waals surface area contributed by atoms with Crippen molar-refractivity contribution in [2.24, 2.45) is 16.2 Å².